The highest BCUT2D eigenvalue weighted by Crippen LogP contribution is 2.58. The molecule has 180 valence electrons. The van der Waals surface area contributed by atoms with Crippen molar-refractivity contribution in [3.8, 4) is 0 Å². The Kier molecular flexibility index (Phi) is 5.43. The molecule has 0 saturated heterocycles. The van der Waals surface area contributed by atoms with Gasteiger partial charge in [-0.25, -0.2) is 8.78 Å². The fourth-order valence-electron chi connectivity index (χ4n) is 7.69. The summed E-state index contributed by atoms with van der Waals surface area (Å²) in [5.74, 6) is 0.00499. The third-order valence-electron chi connectivity index (χ3n) is 8.33. The van der Waals surface area contributed by atoms with Gasteiger partial charge in [0.2, 0.25) is 0 Å². The molecule has 33 heavy (non-hydrogen) atoms. The van der Waals surface area contributed by atoms with E-state index in [0.29, 0.717) is 13.1 Å². The SMILES string of the molecule is C=C(CC(C)(C)C)NC12CC3CC(CC(NCC(=C)N4Cc5cc(F)c(F)cc5C4)(C3)C1)C2. The molecule has 2 N–H and O–H groups in total. The molecule has 0 radical (unpaired) electrons. The van der Waals surface area contributed by atoms with Crippen LogP contribution < -0.4 is 10.6 Å². The number of benzene rings is 1. The summed E-state index contributed by atoms with van der Waals surface area (Å²) in [6.45, 7) is 17.5. The number of allylic oxidation sites excluding steroid dienone is 1. The molecule has 0 amide bonds. The Labute approximate surface area is 197 Å². The van der Waals surface area contributed by atoms with Crippen LogP contribution >= 0.6 is 0 Å². The summed E-state index contributed by atoms with van der Waals surface area (Å²) in [6.07, 6.45) is 8.49. The molecule has 5 heteroatoms. The molecule has 0 spiro atoms. The second-order valence-electron chi connectivity index (χ2n) is 12.8. The predicted octanol–water partition coefficient (Wildman–Crippen LogP) is 6.01. The highest BCUT2D eigenvalue weighted by Gasteiger charge is 2.57. The number of rotatable bonds is 7. The highest BCUT2D eigenvalue weighted by molar-refractivity contribution is 5.33. The topological polar surface area (TPSA) is 27.3 Å². The molecule has 2 atom stereocenters. The number of nitrogens with one attached hydrogen (secondary N) is 2. The zero-order valence-corrected chi connectivity index (χ0v) is 20.5. The lowest BCUT2D eigenvalue weighted by atomic mass is 9.49. The number of nitrogens with zero attached hydrogens (tertiary/aromatic N) is 1. The van der Waals surface area contributed by atoms with Crippen molar-refractivity contribution in [1.29, 1.82) is 0 Å². The minimum absolute atomic E-state index is 0.146. The minimum Gasteiger partial charge on any atom is -0.383 e. The average Bonchev–Trinajstić information content (AvgIpc) is 3.06. The lowest BCUT2D eigenvalue weighted by molar-refractivity contribution is -0.0480. The van der Waals surface area contributed by atoms with Crippen molar-refractivity contribution in [2.75, 3.05) is 6.54 Å². The first kappa shape index (κ1) is 22.9. The molecule has 4 fully saturated rings. The van der Waals surface area contributed by atoms with Gasteiger partial charge in [0, 0.05) is 42.1 Å². The van der Waals surface area contributed by atoms with E-state index in [-0.39, 0.29) is 16.5 Å². The van der Waals surface area contributed by atoms with Crippen LogP contribution in [0.15, 0.2) is 36.7 Å². The Morgan fingerprint density at radius 1 is 1.00 bits per heavy atom. The summed E-state index contributed by atoms with van der Waals surface area (Å²) in [7, 11) is 0. The van der Waals surface area contributed by atoms with E-state index in [1.807, 2.05) is 0 Å². The molecule has 4 bridgehead atoms. The summed E-state index contributed by atoms with van der Waals surface area (Å²) < 4.78 is 27.3. The maximum atomic E-state index is 13.7. The molecule has 1 aliphatic heterocycles. The summed E-state index contributed by atoms with van der Waals surface area (Å²) >= 11 is 0. The van der Waals surface area contributed by atoms with Gasteiger partial charge >= 0.3 is 0 Å². The summed E-state index contributed by atoms with van der Waals surface area (Å²) in [5.41, 5.74) is 4.46. The van der Waals surface area contributed by atoms with Crippen LogP contribution in [0.4, 0.5) is 8.78 Å². The van der Waals surface area contributed by atoms with Crippen LogP contribution in [0.25, 0.3) is 0 Å². The lowest BCUT2D eigenvalue weighted by Crippen LogP contribution is -2.68. The first-order valence-corrected chi connectivity index (χ1v) is 12.5. The van der Waals surface area contributed by atoms with Crippen molar-refractivity contribution < 1.29 is 8.78 Å². The van der Waals surface area contributed by atoms with Gasteiger partial charge in [0.25, 0.3) is 0 Å². The van der Waals surface area contributed by atoms with Crippen LogP contribution in [0.1, 0.15) is 76.8 Å². The smallest absolute Gasteiger partial charge is 0.159 e. The summed E-state index contributed by atoms with van der Waals surface area (Å²) in [5, 5.41) is 7.87. The van der Waals surface area contributed by atoms with E-state index in [1.165, 1.54) is 49.9 Å². The Bertz CT molecular complexity index is 931. The number of halogens is 2. The molecule has 1 aromatic rings. The number of hydrogen-bond acceptors (Lipinski definition) is 3. The van der Waals surface area contributed by atoms with Gasteiger partial charge in [0.15, 0.2) is 11.6 Å². The Morgan fingerprint density at radius 2 is 1.55 bits per heavy atom. The van der Waals surface area contributed by atoms with Crippen LogP contribution in [0, 0.1) is 28.9 Å². The quantitative estimate of drug-likeness (QED) is 0.527. The largest absolute Gasteiger partial charge is 0.383 e. The maximum Gasteiger partial charge on any atom is 0.159 e. The molecular weight excluding hydrogens is 416 g/mol. The van der Waals surface area contributed by atoms with Gasteiger partial charge in [-0.1, -0.05) is 33.9 Å². The standard InChI is InChI=1S/C28H39F2N3/c1-18(9-26(3,4)5)32-28-12-20-6-21(13-28)11-27(10-20,17-28)31-14-19(2)33-15-22-7-24(29)25(30)8-23(22)16-33/h7-8,20-21,31-32H,1-2,6,9-17H2,3-5H3. The number of fused-ring (bicyclic) bond motifs is 1. The van der Waals surface area contributed by atoms with Crippen molar-refractivity contribution in [3.05, 3.63) is 59.4 Å². The third-order valence-corrected chi connectivity index (χ3v) is 8.33. The van der Waals surface area contributed by atoms with Crippen LogP contribution in [-0.2, 0) is 13.1 Å². The van der Waals surface area contributed by atoms with E-state index in [0.717, 1.165) is 48.0 Å². The van der Waals surface area contributed by atoms with Gasteiger partial charge in [-0.05, 0) is 85.5 Å². The third kappa shape index (κ3) is 4.58. The van der Waals surface area contributed by atoms with Gasteiger partial charge in [0.1, 0.15) is 0 Å². The lowest BCUT2D eigenvalue weighted by Gasteiger charge is -2.63. The van der Waals surface area contributed by atoms with Crippen LogP contribution in [0.3, 0.4) is 0 Å². The van der Waals surface area contributed by atoms with E-state index < -0.39 is 11.6 Å². The predicted molar refractivity (Wildman–Crippen MR) is 129 cm³/mol. The Hall–Kier alpha value is -1.88. The first-order valence-electron chi connectivity index (χ1n) is 12.5. The Balaban J connectivity index is 1.24. The zero-order chi connectivity index (χ0) is 23.6. The molecule has 0 aromatic heterocycles. The second kappa shape index (κ2) is 7.83. The highest BCUT2D eigenvalue weighted by atomic mass is 19.2. The van der Waals surface area contributed by atoms with Crippen molar-refractivity contribution in [2.24, 2.45) is 17.3 Å². The molecule has 1 aromatic carbocycles. The summed E-state index contributed by atoms with van der Waals surface area (Å²) in [4.78, 5) is 2.15. The molecule has 1 heterocycles. The summed E-state index contributed by atoms with van der Waals surface area (Å²) in [6, 6.07) is 2.68. The van der Waals surface area contributed by atoms with Crippen LogP contribution in [-0.4, -0.2) is 22.5 Å². The normalized spacial score (nSPS) is 32.2. The van der Waals surface area contributed by atoms with Crippen molar-refractivity contribution >= 4 is 0 Å². The fraction of sp³-hybridized carbons (Fsp3) is 0.643. The molecule has 6 rings (SSSR count). The van der Waals surface area contributed by atoms with Gasteiger partial charge in [-0.15, -0.1) is 0 Å². The van der Waals surface area contributed by atoms with Crippen molar-refractivity contribution in [2.45, 2.75) is 89.9 Å². The van der Waals surface area contributed by atoms with E-state index in [9.17, 15) is 8.78 Å². The monoisotopic (exact) mass is 455 g/mol. The van der Waals surface area contributed by atoms with E-state index in [4.69, 9.17) is 0 Å². The molecule has 4 saturated carbocycles. The maximum absolute atomic E-state index is 13.7. The molecule has 5 aliphatic rings. The van der Waals surface area contributed by atoms with E-state index >= 15 is 0 Å². The molecule has 2 unspecified atom stereocenters. The molecular formula is C28H39F2N3. The minimum atomic E-state index is -0.765. The van der Waals surface area contributed by atoms with Crippen LogP contribution in [0.5, 0.6) is 0 Å². The fourth-order valence-corrected chi connectivity index (χ4v) is 7.69. The van der Waals surface area contributed by atoms with Gasteiger partial charge in [-0.2, -0.15) is 0 Å². The van der Waals surface area contributed by atoms with Gasteiger partial charge in [-0.3, -0.25) is 0 Å². The van der Waals surface area contributed by atoms with Crippen molar-refractivity contribution in [1.82, 2.24) is 15.5 Å². The number of hydrogen-bond donors (Lipinski definition) is 2. The average molecular weight is 456 g/mol. The van der Waals surface area contributed by atoms with Gasteiger partial charge in [0.05, 0.1) is 0 Å². The van der Waals surface area contributed by atoms with Crippen molar-refractivity contribution in [3.63, 3.8) is 0 Å². The molecule has 4 aliphatic carbocycles. The second-order valence-corrected chi connectivity index (χ2v) is 12.8. The van der Waals surface area contributed by atoms with Gasteiger partial charge < -0.3 is 15.5 Å². The van der Waals surface area contributed by atoms with E-state index in [1.54, 1.807) is 0 Å². The Morgan fingerprint density at radius 3 is 2.09 bits per heavy atom. The zero-order valence-electron chi connectivity index (χ0n) is 20.5. The molecule has 3 nitrogen and oxygen atoms in total. The van der Waals surface area contributed by atoms with E-state index in [2.05, 4.69) is 49.5 Å². The first-order chi connectivity index (χ1) is 15.4. The van der Waals surface area contributed by atoms with Crippen LogP contribution in [0.2, 0.25) is 0 Å².